The maximum atomic E-state index is 13.6. The molecular formula is C28H32N2O5. The minimum Gasteiger partial charge on any atom is -0.479 e. The van der Waals surface area contributed by atoms with E-state index >= 15 is 0 Å². The molecule has 6 rings (SSSR count). The molecule has 2 N–H and O–H groups in total. The molecule has 2 aliphatic carbocycles. The van der Waals surface area contributed by atoms with Crippen LogP contribution in [-0.2, 0) is 14.3 Å². The molecule has 4 aliphatic rings. The minimum absolute atomic E-state index is 0.0769. The Kier molecular flexibility index (Phi) is 5.61. The molecule has 35 heavy (non-hydrogen) atoms. The van der Waals surface area contributed by atoms with Crippen molar-refractivity contribution in [2.45, 2.75) is 57.5 Å². The van der Waals surface area contributed by atoms with Crippen molar-refractivity contribution in [1.82, 2.24) is 10.2 Å². The fraction of sp³-hybridized carbons (Fsp3) is 0.464. The molecule has 184 valence electrons. The average Bonchev–Trinajstić information content (AvgIpc) is 3.44. The Labute approximate surface area is 205 Å². The minimum atomic E-state index is -1.15. The monoisotopic (exact) mass is 476 g/mol. The van der Waals surface area contributed by atoms with Crippen LogP contribution in [0.15, 0.2) is 48.5 Å². The van der Waals surface area contributed by atoms with Gasteiger partial charge in [-0.15, -0.1) is 0 Å². The largest absolute Gasteiger partial charge is 0.479 e. The number of fused-ring (bicyclic) bond motifs is 4. The summed E-state index contributed by atoms with van der Waals surface area (Å²) in [6.45, 7) is 6.41. The van der Waals surface area contributed by atoms with Crippen LogP contribution in [0.1, 0.15) is 57.1 Å². The molecule has 2 amide bonds. The number of ether oxygens (including phenoxy) is 1. The van der Waals surface area contributed by atoms with Crippen molar-refractivity contribution < 1.29 is 24.2 Å². The third-order valence-electron chi connectivity index (χ3n) is 8.26. The molecule has 0 spiro atoms. The number of nitrogens with one attached hydrogen (secondary N) is 1. The van der Waals surface area contributed by atoms with Gasteiger partial charge in [0.2, 0.25) is 5.91 Å². The van der Waals surface area contributed by atoms with Crippen LogP contribution in [-0.4, -0.2) is 52.7 Å². The zero-order chi connectivity index (χ0) is 25.0. The number of carbonyl (C=O) groups excluding carboxylic acids is 2. The molecule has 3 fully saturated rings. The molecular weight excluding hydrogens is 444 g/mol. The predicted octanol–water partition coefficient (Wildman–Crippen LogP) is 4.41. The van der Waals surface area contributed by atoms with E-state index in [1.54, 1.807) is 0 Å². The van der Waals surface area contributed by atoms with Crippen LogP contribution in [0.4, 0.5) is 4.79 Å². The van der Waals surface area contributed by atoms with Crippen LogP contribution in [0.2, 0.25) is 0 Å². The molecule has 2 aliphatic heterocycles. The first-order chi connectivity index (χ1) is 16.7. The number of carboxylic acids is 1. The predicted molar refractivity (Wildman–Crippen MR) is 131 cm³/mol. The Bertz CT molecular complexity index is 1140. The number of rotatable bonds is 7. The highest BCUT2D eigenvalue weighted by Gasteiger charge is 2.69. The number of alkyl carbamates (subject to hydrolysis) is 1. The second kappa shape index (κ2) is 8.40. The molecule has 7 nitrogen and oxygen atoms in total. The second-order valence-corrected chi connectivity index (χ2v) is 10.8. The van der Waals surface area contributed by atoms with E-state index in [-0.39, 0.29) is 29.8 Å². The van der Waals surface area contributed by atoms with Crippen LogP contribution < -0.4 is 5.32 Å². The van der Waals surface area contributed by atoms with Gasteiger partial charge in [0.15, 0.2) is 0 Å². The standard InChI is InChI=1S/C28H32N2O5/c1-4-17(2)23(24(31)30-16-27(3)14-28(30,15-27)25(32)33)29-26(34)35-13-22-20-11-7-5-9-18(20)19-10-6-8-12-21(19)22/h5-12,17,22-23H,4,13-16H2,1-3H3,(H,29,34)(H,32,33). The van der Waals surface area contributed by atoms with E-state index in [4.69, 9.17) is 4.74 Å². The second-order valence-electron chi connectivity index (χ2n) is 10.8. The van der Waals surface area contributed by atoms with Crippen LogP contribution >= 0.6 is 0 Å². The molecule has 1 saturated carbocycles. The fourth-order valence-corrected chi connectivity index (χ4v) is 6.37. The lowest BCUT2D eigenvalue weighted by molar-refractivity contribution is -0.161. The van der Waals surface area contributed by atoms with Gasteiger partial charge >= 0.3 is 12.1 Å². The van der Waals surface area contributed by atoms with E-state index in [0.29, 0.717) is 25.8 Å². The summed E-state index contributed by atoms with van der Waals surface area (Å²) in [5.74, 6) is -1.55. The quantitative estimate of drug-likeness (QED) is 0.617. The van der Waals surface area contributed by atoms with Gasteiger partial charge in [-0.3, -0.25) is 4.79 Å². The van der Waals surface area contributed by atoms with Crippen molar-refractivity contribution in [3.8, 4) is 11.1 Å². The van der Waals surface area contributed by atoms with Crippen LogP contribution in [0.25, 0.3) is 11.1 Å². The zero-order valence-electron chi connectivity index (χ0n) is 20.4. The van der Waals surface area contributed by atoms with Crippen molar-refractivity contribution in [2.75, 3.05) is 13.2 Å². The Morgan fingerprint density at radius 1 is 1.09 bits per heavy atom. The van der Waals surface area contributed by atoms with E-state index < -0.39 is 23.6 Å². The van der Waals surface area contributed by atoms with Gasteiger partial charge in [0.25, 0.3) is 0 Å². The van der Waals surface area contributed by atoms with Crippen molar-refractivity contribution in [2.24, 2.45) is 11.3 Å². The lowest BCUT2D eigenvalue weighted by Gasteiger charge is -2.43. The number of carboxylic acid groups (broad SMARTS) is 1. The summed E-state index contributed by atoms with van der Waals surface area (Å²) in [6, 6.07) is 15.4. The molecule has 2 unspecified atom stereocenters. The number of nitrogens with zero attached hydrogens (tertiary/aromatic N) is 1. The van der Waals surface area contributed by atoms with Crippen molar-refractivity contribution in [3.63, 3.8) is 0 Å². The smallest absolute Gasteiger partial charge is 0.407 e. The normalized spacial score (nSPS) is 25.7. The summed E-state index contributed by atoms with van der Waals surface area (Å²) in [6.07, 6.45) is 0.914. The van der Waals surface area contributed by atoms with Crippen molar-refractivity contribution >= 4 is 18.0 Å². The number of hydrogen-bond donors (Lipinski definition) is 2. The summed E-state index contributed by atoms with van der Waals surface area (Å²) in [5.41, 5.74) is 3.20. The Hall–Kier alpha value is -3.35. The highest BCUT2D eigenvalue weighted by Crippen LogP contribution is 2.59. The summed E-state index contributed by atoms with van der Waals surface area (Å²) in [7, 11) is 0. The van der Waals surface area contributed by atoms with Gasteiger partial charge < -0.3 is 20.1 Å². The van der Waals surface area contributed by atoms with E-state index in [1.807, 2.05) is 45.0 Å². The molecule has 2 atom stereocenters. The molecule has 2 aromatic carbocycles. The van der Waals surface area contributed by atoms with Gasteiger partial charge in [0, 0.05) is 12.5 Å². The van der Waals surface area contributed by atoms with Crippen LogP contribution in [0, 0.1) is 11.3 Å². The van der Waals surface area contributed by atoms with Gasteiger partial charge in [-0.1, -0.05) is 75.7 Å². The Balaban J connectivity index is 1.30. The molecule has 2 bridgehead atoms. The first kappa shape index (κ1) is 23.4. The van der Waals surface area contributed by atoms with E-state index in [2.05, 4.69) is 29.6 Å². The molecule has 2 saturated heterocycles. The van der Waals surface area contributed by atoms with Gasteiger partial charge in [0.05, 0.1) is 0 Å². The van der Waals surface area contributed by atoms with Crippen LogP contribution in [0.3, 0.4) is 0 Å². The molecule has 2 heterocycles. The van der Waals surface area contributed by atoms with Gasteiger partial charge in [-0.05, 0) is 46.4 Å². The summed E-state index contributed by atoms with van der Waals surface area (Å²) < 4.78 is 5.67. The third-order valence-corrected chi connectivity index (χ3v) is 8.26. The first-order valence-electron chi connectivity index (χ1n) is 12.4. The Morgan fingerprint density at radius 3 is 2.20 bits per heavy atom. The average molecular weight is 477 g/mol. The lowest BCUT2D eigenvalue weighted by Crippen LogP contribution is -2.60. The topological polar surface area (TPSA) is 95.9 Å². The van der Waals surface area contributed by atoms with E-state index in [1.165, 1.54) is 4.90 Å². The SMILES string of the molecule is CCC(C)C(NC(=O)OCC1c2ccccc2-c2ccccc21)C(=O)N1CC2(C)CC1(C(=O)O)C2. The summed E-state index contributed by atoms with van der Waals surface area (Å²) in [5, 5.41) is 12.6. The maximum Gasteiger partial charge on any atom is 0.407 e. The van der Waals surface area contributed by atoms with E-state index in [9.17, 15) is 19.5 Å². The summed E-state index contributed by atoms with van der Waals surface area (Å²) in [4.78, 5) is 40.0. The van der Waals surface area contributed by atoms with E-state index in [0.717, 1.165) is 22.3 Å². The first-order valence-corrected chi connectivity index (χ1v) is 12.4. The molecule has 7 heteroatoms. The number of benzene rings is 2. The number of aliphatic carboxylic acids is 1. The molecule has 2 aromatic rings. The lowest BCUT2D eigenvalue weighted by atomic mass is 9.63. The van der Waals surface area contributed by atoms with Gasteiger partial charge in [-0.25, -0.2) is 9.59 Å². The number of carbonyl (C=O) groups is 3. The molecule has 0 aromatic heterocycles. The highest BCUT2D eigenvalue weighted by molar-refractivity contribution is 5.93. The number of hydrogen-bond acceptors (Lipinski definition) is 4. The van der Waals surface area contributed by atoms with Crippen molar-refractivity contribution in [1.29, 1.82) is 0 Å². The fourth-order valence-electron chi connectivity index (χ4n) is 6.37. The number of amides is 2. The zero-order valence-corrected chi connectivity index (χ0v) is 20.4. The van der Waals surface area contributed by atoms with Gasteiger partial charge in [-0.2, -0.15) is 0 Å². The molecule has 0 radical (unpaired) electrons. The Morgan fingerprint density at radius 2 is 1.66 bits per heavy atom. The third kappa shape index (κ3) is 3.68. The summed E-state index contributed by atoms with van der Waals surface area (Å²) >= 11 is 0. The maximum absolute atomic E-state index is 13.6. The van der Waals surface area contributed by atoms with Crippen LogP contribution in [0.5, 0.6) is 0 Å². The highest BCUT2D eigenvalue weighted by atomic mass is 16.5. The van der Waals surface area contributed by atoms with Gasteiger partial charge in [0.1, 0.15) is 18.2 Å². The van der Waals surface area contributed by atoms with Crippen molar-refractivity contribution in [3.05, 3.63) is 59.7 Å².